The number of aliphatic hydroxyl groups excluding tert-OH is 1. The van der Waals surface area contributed by atoms with Crippen molar-refractivity contribution in [1.82, 2.24) is 0 Å². The van der Waals surface area contributed by atoms with Crippen LogP contribution in [0.2, 0.25) is 0 Å². The Labute approximate surface area is 92.9 Å². The van der Waals surface area contributed by atoms with Gasteiger partial charge in [0, 0.05) is 12.5 Å². The molecule has 0 aromatic heterocycles. The van der Waals surface area contributed by atoms with E-state index in [4.69, 9.17) is 4.74 Å². The van der Waals surface area contributed by atoms with E-state index < -0.39 is 17.7 Å². The van der Waals surface area contributed by atoms with Gasteiger partial charge in [0.25, 0.3) is 0 Å². The van der Waals surface area contributed by atoms with Crippen LogP contribution >= 0.6 is 0 Å². The van der Waals surface area contributed by atoms with Crippen LogP contribution in [-0.2, 0) is 11.2 Å². The first-order chi connectivity index (χ1) is 7.66. The molecule has 0 bridgehead atoms. The first kappa shape index (κ1) is 11.5. The van der Waals surface area contributed by atoms with Crippen molar-refractivity contribution in [2.24, 2.45) is 5.92 Å². The van der Waals surface area contributed by atoms with Gasteiger partial charge in [0.2, 0.25) is 0 Å². The van der Waals surface area contributed by atoms with Crippen LogP contribution in [0.4, 0.5) is 8.78 Å². The van der Waals surface area contributed by atoms with Gasteiger partial charge in [-0.3, -0.25) is 0 Å². The van der Waals surface area contributed by atoms with E-state index in [1.165, 1.54) is 6.07 Å². The third-order valence-electron chi connectivity index (χ3n) is 2.94. The minimum atomic E-state index is -0.868. The third-order valence-corrected chi connectivity index (χ3v) is 2.94. The second-order valence-electron chi connectivity index (χ2n) is 4.14. The zero-order chi connectivity index (χ0) is 11.5. The Kier molecular flexibility index (Phi) is 3.51. The molecule has 1 aromatic carbocycles. The van der Waals surface area contributed by atoms with Gasteiger partial charge in [-0.2, -0.15) is 0 Å². The molecule has 4 heteroatoms. The van der Waals surface area contributed by atoms with Crippen molar-refractivity contribution in [3.63, 3.8) is 0 Å². The predicted octanol–water partition coefficient (Wildman–Crippen LogP) is 1.90. The van der Waals surface area contributed by atoms with Crippen LogP contribution in [0.15, 0.2) is 18.2 Å². The minimum absolute atomic E-state index is 0.105. The van der Waals surface area contributed by atoms with E-state index in [1.54, 1.807) is 0 Å². The second-order valence-corrected chi connectivity index (χ2v) is 4.14. The smallest absolute Gasteiger partial charge is 0.159 e. The molecule has 1 aliphatic rings. The van der Waals surface area contributed by atoms with Crippen LogP contribution in [0.25, 0.3) is 0 Å². The average Bonchev–Trinajstić information content (AvgIpc) is 2.77. The summed E-state index contributed by atoms with van der Waals surface area (Å²) in [5.74, 6) is -1.62. The summed E-state index contributed by atoms with van der Waals surface area (Å²) in [7, 11) is 0. The second kappa shape index (κ2) is 4.89. The van der Waals surface area contributed by atoms with Crippen LogP contribution < -0.4 is 0 Å². The number of ether oxygens (including phenoxy) is 1. The molecule has 0 aliphatic carbocycles. The van der Waals surface area contributed by atoms with E-state index >= 15 is 0 Å². The molecule has 1 N–H and O–H groups in total. The van der Waals surface area contributed by atoms with Gasteiger partial charge >= 0.3 is 0 Å². The lowest BCUT2D eigenvalue weighted by Crippen LogP contribution is -2.23. The van der Waals surface area contributed by atoms with E-state index in [1.807, 2.05) is 0 Å². The number of halogens is 2. The van der Waals surface area contributed by atoms with E-state index in [2.05, 4.69) is 0 Å². The largest absolute Gasteiger partial charge is 0.392 e. The summed E-state index contributed by atoms with van der Waals surface area (Å²) in [4.78, 5) is 0. The molecule has 2 rings (SSSR count). The Morgan fingerprint density at radius 3 is 2.81 bits per heavy atom. The summed E-state index contributed by atoms with van der Waals surface area (Å²) in [6.07, 6.45) is 0.614. The van der Waals surface area contributed by atoms with E-state index in [0.29, 0.717) is 25.2 Å². The molecule has 0 amide bonds. The van der Waals surface area contributed by atoms with Crippen molar-refractivity contribution in [2.75, 3.05) is 13.2 Å². The summed E-state index contributed by atoms with van der Waals surface area (Å²) in [6.45, 7) is 1.21. The average molecular weight is 228 g/mol. The summed E-state index contributed by atoms with van der Waals surface area (Å²) >= 11 is 0. The Morgan fingerprint density at radius 1 is 1.38 bits per heavy atom. The maximum atomic E-state index is 12.9. The highest BCUT2D eigenvalue weighted by atomic mass is 19.2. The van der Waals surface area contributed by atoms with Crippen molar-refractivity contribution < 1.29 is 18.6 Å². The molecule has 1 aliphatic heterocycles. The van der Waals surface area contributed by atoms with Gasteiger partial charge in [0.1, 0.15) is 0 Å². The van der Waals surface area contributed by atoms with Gasteiger partial charge < -0.3 is 9.84 Å². The fourth-order valence-corrected chi connectivity index (χ4v) is 1.93. The molecule has 1 saturated heterocycles. The molecule has 2 unspecified atom stereocenters. The van der Waals surface area contributed by atoms with Crippen molar-refractivity contribution in [1.29, 1.82) is 0 Å². The van der Waals surface area contributed by atoms with Crippen LogP contribution in [-0.4, -0.2) is 24.4 Å². The van der Waals surface area contributed by atoms with Crippen molar-refractivity contribution >= 4 is 0 Å². The zero-order valence-electron chi connectivity index (χ0n) is 8.83. The van der Waals surface area contributed by atoms with Gasteiger partial charge in [-0.1, -0.05) is 6.07 Å². The Morgan fingerprint density at radius 2 is 2.19 bits per heavy atom. The molecule has 0 saturated carbocycles. The van der Waals surface area contributed by atoms with Gasteiger partial charge in [0.15, 0.2) is 11.6 Å². The predicted molar refractivity (Wildman–Crippen MR) is 55.0 cm³/mol. The molecule has 1 fully saturated rings. The van der Waals surface area contributed by atoms with Gasteiger partial charge in [-0.05, 0) is 30.5 Å². The first-order valence-electron chi connectivity index (χ1n) is 5.36. The van der Waals surface area contributed by atoms with Gasteiger partial charge in [-0.15, -0.1) is 0 Å². The van der Waals surface area contributed by atoms with Crippen molar-refractivity contribution in [3.8, 4) is 0 Å². The maximum Gasteiger partial charge on any atom is 0.159 e. The quantitative estimate of drug-likeness (QED) is 0.856. The molecule has 1 aromatic rings. The number of rotatable bonds is 3. The fourth-order valence-electron chi connectivity index (χ4n) is 1.93. The van der Waals surface area contributed by atoms with Gasteiger partial charge in [0.05, 0.1) is 12.7 Å². The molecule has 2 atom stereocenters. The highest BCUT2D eigenvalue weighted by Gasteiger charge is 2.24. The minimum Gasteiger partial charge on any atom is -0.392 e. The Bertz CT molecular complexity index is 362. The molecule has 2 nitrogen and oxygen atoms in total. The fraction of sp³-hybridized carbons (Fsp3) is 0.500. The lowest BCUT2D eigenvalue weighted by Gasteiger charge is -2.16. The number of hydrogen-bond acceptors (Lipinski definition) is 2. The van der Waals surface area contributed by atoms with E-state index in [-0.39, 0.29) is 5.92 Å². The highest BCUT2D eigenvalue weighted by Crippen LogP contribution is 2.20. The standard InChI is InChI=1S/C12H14F2O2/c13-10-2-1-8(5-11(10)14)6-12(15)9-3-4-16-7-9/h1-2,5,9,12,15H,3-4,6-7H2. The highest BCUT2D eigenvalue weighted by molar-refractivity contribution is 5.18. The van der Waals surface area contributed by atoms with Crippen molar-refractivity contribution in [3.05, 3.63) is 35.4 Å². The van der Waals surface area contributed by atoms with E-state index in [0.717, 1.165) is 18.6 Å². The van der Waals surface area contributed by atoms with Crippen LogP contribution in [0.1, 0.15) is 12.0 Å². The molecule has 0 radical (unpaired) electrons. The lowest BCUT2D eigenvalue weighted by molar-refractivity contribution is 0.0918. The van der Waals surface area contributed by atoms with E-state index in [9.17, 15) is 13.9 Å². The summed E-state index contributed by atoms with van der Waals surface area (Å²) in [6, 6.07) is 3.72. The Balaban J connectivity index is 1.99. The van der Waals surface area contributed by atoms with Crippen LogP contribution in [0.3, 0.4) is 0 Å². The molecule has 0 spiro atoms. The first-order valence-corrected chi connectivity index (χ1v) is 5.36. The molecular formula is C12H14F2O2. The third kappa shape index (κ3) is 2.57. The molecule has 88 valence electrons. The zero-order valence-corrected chi connectivity index (χ0v) is 8.83. The summed E-state index contributed by atoms with van der Waals surface area (Å²) in [5.41, 5.74) is 0.610. The Hall–Kier alpha value is -1.00. The summed E-state index contributed by atoms with van der Waals surface area (Å²) in [5, 5.41) is 9.87. The molecular weight excluding hydrogens is 214 g/mol. The molecule has 1 heterocycles. The SMILES string of the molecule is OC(Cc1ccc(F)c(F)c1)C1CCOC1. The molecule has 16 heavy (non-hydrogen) atoms. The summed E-state index contributed by atoms with van der Waals surface area (Å²) < 4.78 is 30.8. The monoisotopic (exact) mass is 228 g/mol. The normalized spacial score (nSPS) is 22.3. The van der Waals surface area contributed by atoms with Gasteiger partial charge in [-0.25, -0.2) is 8.78 Å². The number of hydrogen-bond donors (Lipinski definition) is 1. The number of aliphatic hydroxyl groups is 1. The van der Waals surface area contributed by atoms with Crippen LogP contribution in [0, 0.1) is 17.6 Å². The topological polar surface area (TPSA) is 29.5 Å². The van der Waals surface area contributed by atoms with Crippen LogP contribution in [0.5, 0.6) is 0 Å². The van der Waals surface area contributed by atoms with Crippen molar-refractivity contribution in [2.45, 2.75) is 18.9 Å². The number of benzene rings is 1. The lowest BCUT2D eigenvalue weighted by atomic mass is 9.95. The maximum absolute atomic E-state index is 12.9.